The first kappa shape index (κ1) is 20.9. The van der Waals surface area contributed by atoms with Gasteiger partial charge in [0, 0.05) is 16.3 Å². The number of nitrogen functional groups attached to an aromatic ring is 1. The number of carbonyl (C=O) groups is 1. The van der Waals surface area contributed by atoms with E-state index in [2.05, 4.69) is 20.3 Å². The van der Waals surface area contributed by atoms with Gasteiger partial charge in [-0.2, -0.15) is 8.78 Å². The van der Waals surface area contributed by atoms with Crippen LogP contribution in [0.5, 0.6) is 5.75 Å². The number of amides is 1. The van der Waals surface area contributed by atoms with E-state index in [1.165, 1.54) is 28.9 Å². The summed E-state index contributed by atoms with van der Waals surface area (Å²) in [7, 11) is 0. The molecule has 0 fully saturated rings. The fourth-order valence-corrected chi connectivity index (χ4v) is 3.22. The van der Waals surface area contributed by atoms with Gasteiger partial charge in [-0.05, 0) is 55.5 Å². The average Bonchev–Trinajstić information content (AvgIpc) is 3.04. The lowest BCUT2D eigenvalue weighted by molar-refractivity contribution is -0.115. The lowest BCUT2D eigenvalue weighted by Gasteiger charge is -2.12. The zero-order valence-corrected chi connectivity index (χ0v) is 16.6. The number of nitrogens with two attached hydrogens (primary N) is 1. The number of nitrogens with zero attached hydrogens (tertiary/aromatic N) is 3. The van der Waals surface area contributed by atoms with Gasteiger partial charge >= 0.3 is 6.61 Å². The molecule has 0 aliphatic rings. The summed E-state index contributed by atoms with van der Waals surface area (Å²) >= 11 is 7.01. The Morgan fingerprint density at radius 3 is 2.45 bits per heavy atom. The van der Waals surface area contributed by atoms with E-state index in [1.807, 2.05) is 0 Å². The molecule has 1 aromatic heterocycles. The molecule has 7 nitrogen and oxygen atoms in total. The van der Waals surface area contributed by atoms with Gasteiger partial charge in [-0.25, -0.2) is 4.68 Å². The van der Waals surface area contributed by atoms with Crippen LogP contribution in [-0.4, -0.2) is 32.6 Å². The van der Waals surface area contributed by atoms with Crippen LogP contribution in [0.25, 0.3) is 11.4 Å². The van der Waals surface area contributed by atoms with Crippen molar-refractivity contribution in [1.29, 1.82) is 0 Å². The van der Waals surface area contributed by atoms with Gasteiger partial charge in [-0.15, -0.1) is 10.2 Å². The number of ether oxygens (including phenoxy) is 1. The SMILES string of the molecule is CC(Sc1nnc(-c2ccc(Cl)cc2)n1N)C(=O)Nc1ccc(OC(F)F)cc1. The quantitative estimate of drug-likeness (QED) is 0.426. The molecule has 1 amide bonds. The summed E-state index contributed by atoms with van der Waals surface area (Å²) in [6, 6.07) is 12.6. The van der Waals surface area contributed by atoms with Crippen LogP contribution in [0, 0.1) is 0 Å². The normalized spacial score (nSPS) is 12.0. The van der Waals surface area contributed by atoms with E-state index < -0.39 is 11.9 Å². The summed E-state index contributed by atoms with van der Waals surface area (Å²) in [6.07, 6.45) is 0. The van der Waals surface area contributed by atoms with Gasteiger partial charge in [0.15, 0.2) is 5.82 Å². The molecule has 3 N–H and O–H groups in total. The maximum atomic E-state index is 12.4. The zero-order chi connectivity index (χ0) is 21.0. The second-order valence-electron chi connectivity index (χ2n) is 5.84. The van der Waals surface area contributed by atoms with Crippen molar-refractivity contribution in [3.05, 3.63) is 53.6 Å². The average molecular weight is 440 g/mol. The number of hydrogen-bond acceptors (Lipinski definition) is 6. The first-order chi connectivity index (χ1) is 13.8. The molecule has 0 saturated carbocycles. The Kier molecular flexibility index (Phi) is 6.55. The Hall–Kier alpha value is -2.85. The van der Waals surface area contributed by atoms with Gasteiger partial charge in [0.2, 0.25) is 11.1 Å². The summed E-state index contributed by atoms with van der Waals surface area (Å²) in [5, 5.41) is 11.2. The third kappa shape index (κ3) is 5.36. The van der Waals surface area contributed by atoms with Crippen molar-refractivity contribution in [2.75, 3.05) is 11.2 Å². The van der Waals surface area contributed by atoms with Crippen molar-refractivity contribution in [3.63, 3.8) is 0 Å². The van der Waals surface area contributed by atoms with Crippen molar-refractivity contribution < 1.29 is 18.3 Å². The Morgan fingerprint density at radius 2 is 1.83 bits per heavy atom. The molecular formula is C18H16ClF2N5O2S. The Morgan fingerprint density at radius 1 is 1.17 bits per heavy atom. The van der Waals surface area contributed by atoms with Gasteiger partial charge < -0.3 is 15.9 Å². The molecule has 11 heteroatoms. The Labute approximate surface area is 174 Å². The predicted octanol–water partition coefficient (Wildman–Crippen LogP) is 4.03. The Bertz CT molecular complexity index is 983. The number of halogens is 3. The number of thioether (sulfide) groups is 1. The van der Waals surface area contributed by atoms with Crippen LogP contribution in [0.3, 0.4) is 0 Å². The largest absolute Gasteiger partial charge is 0.435 e. The molecule has 29 heavy (non-hydrogen) atoms. The maximum Gasteiger partial charge on any atom is 0.387 e. The molecule has 0 bridgehead atoms. The molecule has 3 rings (SSSR count). The molecule has 0 aliphatic carbocycles. The van der Waals surface area contributed by atoms with Gasteiger partial charge in [0.1, 0.15) is 5.75 Å². The van der Waals surface area contributed by atoms with Crippen molar-refractivity contribution in [3.8, 4) is 17.1 Å². The molecule has 0 radical (unpaired) electrons. The van der Waals surface area contributed by atoms with E-state index in [0.717, 1.165) is 17.3 Å². The van der Waals surface area contributed by atoms with E-state index in [9.17, 15) is 13.6 Å². The highest BCUT2D eigenvalue weighted by Gasteiger charge is 2.20. The lowest BCUT2D eigenvalue weighted by Crippen LogP contribution is -2.23. The van der Waals surface area contributed by atoms with Crippen LogP contribution >= 0.6 is 23.4 Å². The minimum absolute atomic E-state index is 0.00591. The number of hydrogen-bond donors (Lipinski definition) is 2. The van der Waals surface area contributed by atoms with Gasteiger partial charge in [-0.1, -0.05) is 23.4 Å². The van der Waals surface area contributed by atoms with E-state index in [1.54, 1.807) is 31.2 Å². The Balaban J connectivity index is 1.63. The van der Waals surface area contributed by atoms with Crippen molar-refractivity contribution in [1.82, 2.24) is 14.9 Å². The first-order valence-electron chi connectivity index (χ1n) is 8.32. The highest BCUT2D eigenvalue weighted by molar-refractivity contribution is 8.00. The van der Waals surface area contributed by atoms with Crippen molar-refractivity contribution in [2.45, 2.75) is 23.9 Å². The number of carbonyl (C=O) groups excluding carboxylic acids is 1. The molecule has 0 aliphatic heterocycles. The van der Waals surface area contributed by atoms with Crippen LogP contribution in [0.15, 0.2) is 53.7 Å². The highest BCUT2D eigenvalue weighted by atomic mass is 35.5. The van der Waals surface area contributed by atoms with Crippen molar-refractivity contribution >= 4 is 35.0 Å². The van der Waals surface area contributed by atoms with Crippen molar-refractivity contribution in [2.24, 2.45) is 0 Å². The van der Waals surface area contributed by atoms with Crippen LogP contribution < -0.4 is 15.9 Å². The second kappa shape index (κ2) is 9.10. The summed E-state index contributed by atoms with van der Waals surface area (Å²) in [5.41, 5.74) is 1.18. The third-order valence-corrected chi connectivity index (χ3v) is 5.07. The molecule has 152 valence electrons. The fourth-order valence-electron chi connectivity index (χ4n) is 2.33. The minimum atomic E-state index is -2.90. The number of nitrogens with one attached hydrogen (secondary N) is 1. The molecule has 2 aromatic carbocycles. The topological polar surface area (TPSA) is 95.1 Å². The standard InChI is InChI=1S/C18H16ClF2N5O2S/c1-10(16(27)23-13-6-8-14(9-7-13)28-17(20)21)29-18-25-24-15(26(18)22)11-2-4-12(19)5-3-11/h2-10,17H,22H2,1H3,(H,23,27). The number of benzene rings is 2. The van der Waals surface area contributed by atoms with Crippen LogP contribution in [0.1, 0.15) is 6.92 Å². The van der Waals surface area contributed by atoms with E-state index in [0.29, 0.717) is 21.7 Å². The minimum Gasteiger partial charge on any atom is -0.435 e. The molecule has 1 unspecified atom stereocenters. The number of aromatic nitrogens is 3. The molecule has 1 heterocycles. The molecular weight excluding hydrogens is 424 g/mol. The van der Waals surface area contributed by atoms with Gasteiger partial charge in [0.05, 0.1) is 5.25 Å². The van der Waals surface area contributed by atoms with E-state index >= 15 is 0 Å². The lowest BCUT2D eigenvalue weighted by atomic mass is 10.2. The van der Waals surface area contributed by atoms with Crippen LogP contribution in [-0.2, 0) is 4.79 Å². The van der Waals surface area contributed by atoms with E-state index in [4.69, 9.17) is 17.4 Å². The number of alkyl halides is 2. The molecule has 1 atom stereocenters. The first-order valence-corrected chi connectivity index (χ1v) is 9.58. The number of rotatable bonds is 7. The van der Waals surface area contributed by atoms with Crippen LogP contribution in [0.2, 0.25) is 5.02 Å². The summed E-state index contributed by atoms with van der Waals surface area (Å²) in [4.78, 5) is 12.4. The summed E-state index contributed by atoms with van der Waals surface area (Å²) < 4.78 is 29.9. The van der Waals surface area contributed by atoms with E-state index in [-0.39, 0.29) is 11.7 Å². The summed E-state index contributed by atoms with van der Waals surface area (Å²) in [5.74, 6) is 6.19. The molecule has 0 spiro atoms. The van der Waals surface area contributed by atoms with Gasteiger partial charge in [0.25, 0.3) is 0 Å². The highest BCUT2D eigenvalue weighted by Crippen LogP contribution is 2.26. The maximum absolute atomic E-state index is 12.4. The predicted molar refractivity (Wildman–Crippen MR) is 108 cm³/mol. The third-order valence-electron chi connectivity index (χ3n) is 3.77. The summed E-state index contributed by atoms with van der Waals surface area (Å²) in [6.45, 7) is -1.22. The smallest absolute Gasteiger partial charge is 0.387 e. The monoisotopic (exact) mass is 439 g/mol. The molecule has 3 aromatic rings. The van der Waals surface area contributed by atoms with Crippen LogP contribution in [0.4, 0.5) is 14.5 Å². The zero-order valence-electron chi connectivity index (χ0n) is 15.1. The van der Waals surface area contributed by atoms with Gasteiger partial charge in [-0.3, -0.25) is 4.79 Å². The second-order valence-corrected chi connectivity index (χ2v) is 7.58. The number of anilines is 1. The fraction of sp³-hybridized carbons (Fsp3) is 0.167. The molecule has 0 saturated heterocycles.